The molecule has 0 fully saturated rings. The van der Waals surface area contributed by atoms with Gasteiger partial charge in [-0.3, -0.25) is 14.9 Å². The van der Waals surface area contributed by atoms with Gasteiger partial charge >= 0.3 is 0 Å². The summed E-state index contributed by atoms with van der Waals surface area (Å²) in [6.07, 6.45) is 0. The number of nitro benzene ring substituents is 1. The molecule has 0 heterocycles. The smallest absolute Gasteiger partial charge is 0.289 e. The molecule has 1 aromatic carbocycles. The van der Waals surface area contributed by atoms with Crippen LogP contribution in [0.25, 0.3) is 0 Å². The van der Waals surface area contributed by atoms with E-state index in [1.165, 1.54) is 6.07 Å². The minimum atomic E-state index is -4.22. The fraction of sp³-hybridized carbons (Fsp3) is 0.364. The number of hydrogen-bond acceptors (Lipinski definition) is 6. The molecule has 0 aromatic heterocycles. The monoisotopic (exact) mass is 316 g/mol. The molecule has 0 radical (unpaired) electrons. The quantitative estimate of drug-likeness (QED) is 0.382. The number of nitrogens with two attached hydrogens (primary N) is 1. The summed E-state index contributed by atoms with van der Waals surface area (Å²) in [6, 6.07) is 3.05. The summed E-state index contributed by atoms with van der Waals surface area (Å²) in [5.74, 6) is -0.542. The highest BCUT2D eigenvalue weighted by Crippen LogP contribution is 2.25. The molecule has 0 atom stereocenters. The van der Waals surface area contributed by atoms with Gasteiger partial charge in [-0.05, 0) is 26.0 Å². The molecule has 0 aliphatic rings. The van der Waals surface area contributed by atoms with Crippen LogP contribution in [0.3, 0.4) is 0 Å². The summed E-state index contributed by atoms with van der Waals surface area (Å²) in [6.45, 7) is 2.91. The van der Waals surface area contributed by atoms with Crippen molar-refractivity contribution in [2.45, 2.75) is 24.8 Å². The number of nitrogens with zero attached hydrogens (tertiary/aromatic N) is 1. The molecule has 21 heavy (non-hydrogen) atoms. The van der Waals surface area contributed by atoms with Crippen LogP contribution in [0.1, 0.15) is 13.8 Å². The molecule has 0 saturated carbocycles. The Labute approximate surface area is 121 Å². The van der Waals surface area contributed by atoms with Gasteiger partial charge < -0.3 is 11.1 Å². The van der Waals surface area contributed by atoms with Crippen molar-refractivity contribution in [2.24, 2.45) is 0 Å². The van der Waals surface area contributed by atoms with Crippen LogP contribution in [0.4, 0.5) is 11.4 Å². The number of nitrogen functional groups attached to an aromatic ring is 1. The Balaban J connectivity index is 3.00. The predicted octanol–water partition coefficient (Wildman–Crippen LogP) is -0.0201. The molecule has 116 valence electrons. The molecule has 1 aromatic rings. The average molecular weight is 316 g/mol. The standard InChI is InChI=1S/C11H16N4O5S/c1-7(2)14-11(16)6-13-21(19,20)10-5-8(12)3-4-9(10)15(17)18/h3-5,7,13H,6,12H2,1-2H3,(H,14,16). The predicted molar refractivity (Wildman–Crippen MR) is 76.0 cm³/mol. The van der Waals surface area contributed by atoms with E-state index in [2.05, 4.69) is 5.32 Å². The number of carbonyl (C=O) groups is 1. The first-order chi connectivity index (χ1) is 9.63. The van der Waals surface area contributed by atoms with Gasteiger partial charge in [-0.25, -0.2) is 13.1 Å². The first kappa shape index (κ1) is 16.9. The second-order valence-corrected chi connectivity index (χ2v) is 6.27. The Morgan fingerprint density at radius 2 is 2.05 bits per heavy atom. The number of benzene rings is 1. The van der Waals surface area contributed by atoms with Gasteiger partial charge in [0.1, 0.15) is 0 Å². The van der Waals surface area contributed by atoms with Crippen LogP contribution in [-0.2, 0) is 14.8 Å². The van der Waals surface area contributed by atoms with E-state index in [4.69, 9.17) is 5.73 Å². The Hall–Kier alpha value is -2.20. The molecule has 0 aliphatic heterocycles. The molecule has 4 N–H and O–H groups in total. The molecule has 9 nitrogen and oxygen atoms in total. The number of sulfonamides is 1. The van der Waals surface area contributed by atoms with Crippen LogP contribution < -0.4 is 15.8 Å². The zero-order valence-corrected chi connectivity index (χ0v) is 12.3. The molecular weight excluding hydrogens is 300 g/mol. The van der Waals surface area contributed by atoms with Crippen LogP contribution in [0.5, 0.6) is 0 Å². The van der Waals surface area contributed by atoms with Gasteiger partial charge in [0.2, 0.25) is 15.9 Å². The molecule has 0 aliphatic carbocycles. The minimum absolute atomic E-state index is 0.0626. The number of amides is 1. The Morgan fingerprint density at radius 1 is 1.43 bits per heavy atom. The van der Waals surface area contributed by atoms with Crippen LogP contribution in [0.2, 0.25) is 0 Å². The summed E-state index contributed by atoms with van der Waals surface area (Å²) in [4.78, 5) is 20.9. The summed E-state index contributed by atoms with van der Waals surface area (Å²) in [5, 5.41) is 13.3. The van der Waals surface area contributed by atoms with E-state index in [0.29, 0.717) is 0 Å². The molecular formula is C11H16N4O5S. The number of nitro groups is 1. The van der Waals surface area contributed by atoms with Crippen molar-refractivity contribution in [2.75, 3.05) is 12.3 Å². The second kappa shape index (κ2) is 6.50. The van der Waals surface area contributed by atoms with Crippen molar-refractivity contribution in [1.29, 1.82) is 0 Å². The third-order valence-corrected chi connectivity index (χ3v) is 3.77. The van der Waals surface area contributed by atoms with Gasteiger partial charge in [-0.2, -0.15) is 0 Å². The van der Waals surface area contributed by atoms with Crippen molar-refractivity contribution in [1.82, 2.24) is 10.0 Å². The zero-order valence-electron chi connectivity index (χ0n) is 11.5. The molecule has 1 rings (SSSR count). The van der Waals surface area contributed by atoms with Gasteiger partial charge in [0, 0.05) is 17.8 Å². The lowest BCUT2D eigenvalue weighted by Gasteiger charge is -2.10. The summed E-state index contributed by atoms with van der Waals surface area (Å²) in [7, 11) is -4.22. The third-order valence-electron chi connectivity index (χ3n) is 2.34. The van der Waals surface area contributed by atoms with Crippen molar-refractivity contribution in [3.05, 3.63) is 28.3 Å². The van der Waals surface area contributed by atoms with Gasteiger partial charge in [0.25, 0.3) is 5.69 Å². The van der Waals surface area contributed by atoms with E-state index < -0.39 is 38.0 Å². The normalized spacial score (nSPS) is 11.4. The maximum absolute atomic E-state index is 12.0. The van der Waals surface area contributed by atoms with E-state index >= 15 is 0 Å². The molecule has 10 heteroatoms. The van der Waals surface area contributed by atoms with Crippen LogP contribution in [-0.4, -0.2) is 31.8 Å². The molecule has 0 unspecified atom stereocenters. The summed E-state index contributed by atoms with van der Waals surface area (Å²) in [5.41, 5.74) is 4.90. The maximum Gasteiger partial charge on any atom is 0.289 e. The Morgan fingerprint density at radius 3 is 2.57 bits per heavy atom. The van der Waals surface area contributed by atoms with Crippen LogP contribution in [0.15, 0.2) is 23.1 Å². The van der Waals surface area contributed by atoms with E-state index in [0.717, 1.165) is 12.1 Å². The lowest BCUT2D eigenvalue weighted by molar-refractivity contribution is -0.387. The number of carbonyl (C=O) groups excluding carboxylic acids is 1. The molecule has 1 amide bonds. The first-order valence-electron chi connectivity index (χ1n) is 5.96. The topological polar surface area (TPSA) is 144 Å². The Bertz CT molecular complexity index is 657. The fourth-order valence-corrected chi connectivity index (χ4v) is 2.69. The highest BCUT2D eigenvalue weighted by atomic mass is 32.2. The highest BCUT2D eigenvalue weighted by molar-refractivity contribution is 7.89. The average Bonchev–Trinajstić information content (AvgIpc) is 2.35. The van der Waals surface area contributed by atoms with Crippen molar-refractivity contribution in [3.8, 4) is 0 Å². The number of nitrogens with one attached hydrogen (secondary N) is 2. The van der Waals surface area contributed by atoms with Gasteiger partial charge in [-0.1, -0.05) is 0 Å². The second-order valence-electron chi connectivity index (χ2n) is 4.53. The zero-order chi connectivity index (χ0) is 16.2. The largest absolute Gasteiger partial charge is 0.399 e. The Kier molecular flexibility index (Phi) is 5.22. The van der Waals surface area contributed by atoms with E-state index in [1.807, 2.05) is 4.72 Å². The highest BCUT2D eigenvalue weighted by Gasteiger charge is 2.26. The lowest BCUT2D eigenvalue weighted by atomic mass is 10.3. The first-order valence-corrected chi connectivity index (χ1v) is 7.44. The van der Waals surface area contributed by atoms with Crippen LogP contribution in [0, 0.1) is 10.1 Å². The lowest BCUT2D eigenvalue weighted by Crippen LogP contribution is -2.39. The minimum Gasteiger partial charge on any atom is -0.399 e. The summed E-state index contributed by atoms with van der Waals surface area (Å²) < 4.78 is 26.1. The molecule has 0 bridgehead atoms. The fourth-order valence-electron chi connectivity index (χ4n) is 1.51. The maximum atomic E-state index is 12.0. The van der Waals surface area contributed by atoms with E-state index in [9.17, 15) is 23.3 Å². The third kappa shape index (κ3) is 4.68. The SMILES string of the molecule is CC(C)NC(=O)CNS(=O)(=O)c1cc(N)ccc1[N+](=O)[O-]. The van der Waals surface area contributed by atoms with Crippen molar-refractivity contribution < 1.29 is 18.1 Å². The molecule has 0 spiro atoms. The van der Waals surface area contributed by atoms with E-state index in [-0.39, 0.29) is 11.7 Å². The van der Waals surface area contributed by atoms with Crippen LogP contribution >= 0.6 is 0 Å². The van der Waals surface area contributed by atoms with Crippen molar-refractivity contribution >= 4 is 27.3 Å². The number of hydrogen-bond donors (Lipinski definition) is 3. The number of anilines is 1. The number of rotatable bonds is 6. The van der Waals surface area contributed by atoms with Gasteiger partial charge in [-0.15, -0.1) is 0 Å². The molecule has 0 saturated heterocycles. The van der Waals surface area contributed by atoms with Crippen molar-refractivity contribution in [3.63, 3.8) is 0 Å². The van der Waals surface area contributed by atoms with Gasteiger partial charge in [0.05, 0.1) is 11.5 Å². The van der Waals surface area contributed by atoms with E-state index in [1.54, 1.807) is 13.8 Å². The summed E-state index contributed by atoms with van der Waals surface area (Å²) >= 11 is 0. The van der Waals surface area contributed by atoms with Gasteiger partial charge in [0.15, 0.2) is 4.90 Å².